The van der Waals surface area contributed by atoms with Crippen molar-refractivity contribution < 1.29 is 9.13 Å². The van der Waals surface area contributed by atoms with Crippen LogP contribution in [0.1, 0.15) is 18.1 Å². The number of halogens is 3. The van der Waals surface area contributed by atoms with Crippen LogP contribution in [0, 0.1) is 5.82 Å². The zero-order valence-corrected chi connectivity index (χ0v) is 14.0. The van der Waals surface area contributed by atoms with E-state index >= 15 is 0 Å². The predicted molar refractivity (Wildman–Crippen MR) is 88.9 cm³/mol. The molecule has 0 radical (unpaired) electrons. The monoisotopic (exact) mass is 404 g/mol. The average Bonchev–Trinajstić information content (AvgIpc) is 2.46. The molecule has 0 saturated carbocycles. The maximum absolute atomic E-state index is 14.0. The summed E-state index contributed by atoms with van der Waals surface area (Å²) in [4.78, 5) is 0. The smallest absolute Gasteiger partial charge is 0.129 e. The van der Waals surface area contributed by atoms with E-state index in [1.54, 1.807) is 12.1 Å². The van der Waals surface area contributed by atoms with Gasteiger partial charge in [0.1, 0.15) is 11.4 Å². The van der Waals surface area contributed by atoms with E-state index in [0.717, 1.165) is 5.56 Å². The first-order chi connectivity index (χ1) is 9.57. The largest absolute Gasteiger partial charge is 0.365 e. The molecule has 1 unspecified atom stereocenters. The highest BCUT2D eigenvalue weighted by Crippen LogP contribution is 2.31. The van der Waals surface area contributed by atoms with Gasteiger partial charge in [0.2, 0.25) is 0 Å². The Morgan fingerprint density at radius 1 is 1.15 bits per heavy atom. The normalized spacial score (nSPS) is 14.0. The van der Waals surface area contributed by atoms with Gasteiger partial charge in [-0.05, 0) is 24.6 Å². The molecule has 0 fully saturated rings. The van der Waals surface area contributed by atoms with Crippen LogP contribution in [0.15, 0.2) is 48.5 Å². The fourth-order valence-electron chi connectivity index (χ4n) is 1.93. The number of rotatable bonds is 5. The van der Waals surface area contributed by atoms with E-state index in [4.69, 9.17) is 16.3 Å². The molecular formula is C16H15ClFIO. The van der Waals surface area contributed by atoms with Gasteiger partial charge in [0.05, 0.1) is 6.61 Å². The Morgan fingerprint density at radius 2 is 1.80 bits per heavy atom. The summed E-state index contributed by atoms with van der Waals surface area (Å²) in [5.41, 5.74) is 0.800. The first-order valence-electron chi connectivity index (χ1n) is 6.25. The van der Waals surface area contributed by atoms with Crippen LogP contribution < -0.4 is 0 Å². The summed E-state index contributed by atoms with van der Waals surface area (Å²) >= 11 is 8.33. The Balaban J connectivity index is 2.21. The topological polar surface area (TPSA) is 9.23 Å². The summed E-state index contributed by atoms with van der Waals surface area (Å²) in [6.07, 6.45) is 0. The number of hydrogen-bond donors (Lipinski definition) is 0. The molecule has 0 aromatic heterocycles. The fraction of sp³-hybridized carbons (Fsp3) is 0.250. The molecule has 0 spiro atoms. The lowest BCUT2D eigenvalue weighted by molar-refractivity contribution is -0.0298. The van der Waals surface area contributed by atoms with Crippen LogP contribution >= 0.6 is 34.2 Å². The van der Waals surface area contributed by atoms with Crippen LogP contribution in [0.2, 0.25) is 5.02 Å². The third-order valence-electron chi connectivity index (χ3n) is 3.20. The second kappa shape index (κ2) is 6.87. The Morgan fingerprint density at radius 3 is 2.45 bits per heavy atom. The Hall–Kier alpha value is -0.650. The molecule has 0 bridgehead atoms. The number of benzene rings is 2. The van der Waals surface area contributed by atoms with E-state index in [1.165, 1.54) is 6.07 Å². The highest BCUT2D eigenvalue weighted by Gasteiger charge is 2.29. The molecule has 0 N–H and O–H groups in total. The van der Waals surface area contributed by atoms with Crippen LogP contribution in [0.25, 0.3) is 0 Å². The van der Waals surface area contributed by atoms with Crippen molar-refractivity contribution >= 4 is 34.2 Å². The van der Waals surface area contributed by atoms with E-state index in [-0.39, 0.29) is 5.82 Å². The molecule has 4 heteroatoms. The van der Waals surface area contributed by atoms with Crippen molar-refractivity contribution in [2.45, 2.75) is 19.1 Å². The van der Waals surface area contributed by atoms with Crippen LogP contribution in [0.4, 0.5) is 4.39 Å². The Kier molecular flexibility index (Phi) is 5.41. The quantitative estimate of drug-likeness (QED) is 0.482. The van der Waals surface area contributed by atoms with E-state index in [2.05, 4.69) is 22.6 Å². The van der Waals surface area contributed by atoms with Crippen LogP contribution in [-0.2, 0) is 16.9 Å². The van der Waals surface area contributed by atoms with Crippen molar-refractivity contribution in [3.63, 3.8) is 0 Å². The third-order valence-corrected chi connectivity index (χ3v) is 5.03. The van der Waals surface area contributed by atoms with Gasteiger partial charge in [-0.25, -0.2) is 4.39 Å². The zero-order valence-electron chi connectivity index (χ0n) is 11.1. The molecule has 2 rings (SSSR count). The van der Waals surface area contributed by atoms with Crippen molar-refractivity contribution in [3.8, 4) is 0 Å². The number of alkyl halides is 1. The molecule has 0 heterocycles. The van der Waals surface area contributed by atoms with E-state index < -0.39 is 5.60 Å². The highest BCUT2D eigenvalue weighted by atomic mass is 127. The van der Waals surface area contributed by atoms with Gasteiger partial charge in [-0.3, -0.25) is 0 Å². The minimum absolute atomic E-state index is 0.245. The summed E-state index contributed by atoms with van der Waals surface area (Å²) in [6, 6.07) is 14.2. The van der Waals surface area contributed by atoms with Crippen molar-refractivity contribution in [3.05, 3.63) is 70.5 Å². The summed E-state index contributed by atoms with van der Waals surface area (Å²) in [5, 5.41) is 0.664. The maximum atomic E-state index is 14.0. The first-order valence-corrected chi connectivity index (χ1v) is 8.15. The van der Waals surface area contributed by atoms with Crippen molar-refractivity contribution in [1.82, 2.24) is 0 Å². The standard InChI is InChI=1S/C16H15ClFIO/c1-16(11-19,13-7-3-5-9-15(13)18)20-10-12-6-2-4-8-14(12)17/h2-9H,10-11H2,1H3. The molecule has 0 amide bonds. The molecule has 0 aliphatic carbocycles. The van der Waals surface area contributed by atoms with E-state index in [1.807, 2.05) is 37.3 Å². The Bertz CT molecular complexity index is 590. The molecular weight excluding hydrogens is 390 g/mol. The lowest BCUT2D eigenvalue weighted by Gasteiger charge is -2.29. The maximum Gasteiger partial charge on any atom is 0.129 e. The van der Waals surface area contributed by atoms with Gasteiger partial charge in [-0.15, -0.1) is 0 Å². The van der Waals surface area contributed by atoms with Gasteiger partial charge in [0, 0.05) is 15.0 Å². The SMILES string of the molecule is CC(CI)(OCc1ccccc1Cl)c1ccccc1F. The lowest BCUT2D eigenvalue weighted by Crippen LogP contribution is -2.29. The summed E-state index contributed by atoms with van der Waals surface area (Å²) in [7, 11) is 0. The molecule has 0 aliphatic rings. The predicted octanol–water partition coefficient (Wildman–Crippen LogP) is 5.35. The molecule has 1 nitrogen and oxygen atoms in total. The minimum Gasteiger partial charge on any atom is -0.365 e. The fourth-order valence-corrected chi connectivity index (χ4v) is 2.75. The highest BCUT2D eigenvalue weighted by molar-refractivity contribution is 14.1. The molecule has 2 aromatic rings. The second-order valence-corrected chi connectivity index (χ2v) is 5.89. The first kappa shape index (κ1) is 15.7. The van der Waals surface area contributed by atoms with Gasteiger partial charge in [-0.2, -0.15) is 0 Å². The van der Waals surface area contributed by atoms with E-state index in [9.17, 15) is 4.39 Å². The van der Waals surface area contributed by atoms with Crippen molar-refractivity contribution in [2.75, 3.05) is 4.43 Å². The number of ether oxygens (including phenoxy) is 1. The summed E-state index contributed by atoms with van der Waals surface area (Å²) in [6.45, 7) is 2.25. The van der Waals surface area contributed by atoms with E-state index in [0.29, 0.717) is 21.6 Å². The van der Waals surface area contributed by atoms with Gasteiger partial charge < -0.3 is 4.74 Å². The minimum atomic E-state index is -0.676. The zero-order chi connectivity index (χ0) is 14.6. The van der Waals surface area contributed by atoms with Crippen molar-refractivity contribution in [2.24, 2.45) is 0 Å². The molecule has 106 valence electrons. The van der Waals surface area contributed by atoms with Gasteiger partial charge in [0.25, 0.3) is 0 Å². The number of hydrogen-bond acceptors (Lipinski definition) is 1. The third kappa shape index (κ3) is 3.51. The average molecular weight is 405 g/mol. The van der Waals surface area contributed by atoms with Gasteiger partial charge in [0.15, 0.2) is 0 Å². The van der Waals surface area contributed by atoms with Crippen LogP contribution in [-0.4, -0.2) is 4.43 Å². The Labute approximate surface area is 137 Å². The summed E-state index contributed by atoms with van der Waals surface area (Å²) < 4.78 is 20.6. The molecule has 0 saturated heterocycles. The second-order valence-electron chi connectivity index (χ2n) is 4.72. The van der Waals surface area contributed by atoms with Gasteiger partial charge in [-0.1, -0.05) is 70.6 Å². The van der Waals surface area contributed by atoms with Gasteiger partial charge >= 0.3 is 0 Å². The summed E-state index contributed by atoms with van der Waals surface area (Å²) in [5.74, 6) is -0.245. The molecule has 0 aliphatic heterocycles. The molecule has 20 heavy (non-hydrogen) atoms. The molecule has 2 aromatic carbocycles. The van der Waals surface area contributed by atoms with Crippen molar-refractivity contribution in [1.29, 1.82) is 0 Å². The van der Waals surface area contributed by atoms with Crippen LogP contribution in [0.3, 0.4) is 0 Å². The van der Waals surface area contributed by atoms with Crippen LogP contribution in [0.5, 0.6) is 0 Å². The molecule has 1 atom stereocenters. The lowest BCUT2D eigenvalue weighted by atomic mass is 9.97.